The lowest BCUT2D eigenvalue weighted by atomic mass is 10.2. The number of aromatic carboxylic acids is 1. The summed E-state index contributed by atoms with van der Waals surface area (Å²) in [5.41, 5.74) is 1.17. The molecule has 0 bridgehead atoms. The predicted molar refractivity (Wildman–Crippen MR) is 83.3 cm³/mol. The number of para-hydroxylation sites is 1. The maximum absolute atomic E-state index is 11.1. The van der Waals surface area contributed by atoms with Crippen LogP contribution in [0, 0.1) is 6.92 Å². The van der Waals surface area contributed by atoms with Crippen LogP contribution in [0.25, 0.3) is 0 Å². The number of carboxylic acids is 1. The number of benzene rings is 2. The van der Waals surface area contributed by atoms with Gasteiger partial charge in [0.05, 0.1) is 0 Å². The molecule has 0 heterocycles. The third-order valence-electron chi connectivity index (χ3n) is 2.86. The topological polar surface area (TPSA) is 55.8 Å². The first-order valence-corrected chi connectivity index (χ1v) is 7.21. The summed E-state index contributed by atoms with van der Waals surface area (Å²) in [6.45, 7) is 2.59. The normalized spacial score (nSPS) is 10.2. The summed E-state index contributed by atoms with van der Waals surface area (Å²) in [7, 11) is 0. The van der Waals surface area contributed by atoms with Crippen molar-refractivity contribution in [2.24, 2.45) is 0 Å². The molecule has 0 aliphatic rings. The van der Waals surface area contributed by atoms with Gasteiger partial charge < -0.3 is 14.6 Å². The zero-order valence-corrected chi connectivity index (χ0v) is 13.1. The number of halogens is 1. The fourth-order valence-corrected chi connectivity index (χ4v) is 2.18. The number of hydrogen-bond donors (Lipinski definition) is 1. The summed E-state index contributed by atoms with van der Waals surface area (Å²) in [5, 5.41) is 9.13. The molecule has 0 amide bonds. The van der Waals surface area contributed by atoms with Gasteiger partial charge in [0.2, 0.25) is 0 Å². The van der Waals surface area contributed by atoms with Crippen LogP contribution in [0.5, 0.6) is 11.5 Å². The molecule has 0 atom stereocenters. The number of carboxylic acid groups (broad SMARTS) is 1. The fraction of sp³-hybridized carbons (Fsp3) is 0.188. The summed E-state index contributed by atoms with van der Waals surface area (Å²) in [4.78, 5) is 11.1. The lowest BCUT2D eigenvalue weighted by Gasteiger charge is -2.11. The molecule has 5 heteroatoms. The quantitative estimate of drug-likeness (QED) is 0.802. The van der Waals surface area contributed by atoms with Crippen LogP contribution < -0.4 is 9.47 Å². The van der Waals surface area contributed by atoms with Crippen LogP contribution in [0.2, 0.25) is 0 Å². The highest BCUT2D eigenvalue weighted by Gasteiger charge is 2.11. The Morgan fingerprint density at radius 3 is 2.43 bits per heavy atom. The maximum Gasteiger partial charge on any atom is 0.339 e. The van der Waals surface area contributed by atoms with E-state index in [0.29, 0.717) is 16.8 Å². The van der Waals surface area contributed by atoms with Gasteiger partial charge in [0.15, 0.2) is 0 Å². The Morgan fingerprint density at radius 1 is 1.10 bits per heavy atom. The van der Waals surface area contributed by atoms with Gasteiger partial charge in [-0.15, -0.1) is 0 Å². The van der Waals surface area contributed by atoms with E-state index in [4.69, 9.17) is 14.6 Å². The fourth-order valence-electron chi connectivity index (χ4n) is 1.82. The highest BCUT2D eigenvalue weighted by molar-refractivity contribution is 9.10. The third kappa shape index (κ3) is 4.23. The molecule has 0 saturated heterocycles. The molecule has 21 heavy (non-hydrogen) atoms. The van der Waals surface area contributed by atoms with Crippen molar-refractivity contribution in [3.05, 3.63) is 58.1 Å². The third-order valence-corrected chi connectivity index (χ3v) is 3.36. The molecule has 0 spiro atoms. The van der Waals surface area contributed by atoms with E-state index in [1.54, 1.807) is 12.1 Å². The molecule has 0 aliphatic carbocycles. The molecule has 0 fully saturated rings. The van der Waals surface area contributed by atoms with Crippen LogP contribution in [0.4, 0.5) is 0 Å². The van der Waals surface area contributed by atoms with E-state index in [-0.39, 0.29) is 12.2 Å². The first kappa shape index (κ1) is 15.4. The number of rotatable bonds is 6. The molecule has 2 aromatic rings. The number of hydrogen-bond acceptors (Lipinski definition) is 3. The Labute approximate surface area is 131 Å². The van der Waals surface area contributed by atoms with Crippen molar-refractivity contribution >= 4 is 21.9 Å². The smallest absolute Gasteiger partial charge is 0.339 e. The maximum atomic E-state index is 11.1. The van der Waals surface area contributed by atoms with E-state index in [0.717, 1.165) is 11.3 Å². The molecule has 0 unspecified atom stereocenters. The van der Waals surface area contributed by atoms with Gasteiger partial charge in [-0.25, -0.2) is 4.79 Å². The molecule has 0 aliphatic heterocycles. The minimum atomic E-state index is -1.02. The molecule has 2 rings (SSSR count). The highest BCUT2D eigenvalue weighted by Crippen LogP contribution is 2.23. The Balaban J connectivity index is 1.92. The zero-order chi connectivity index (χ0) is 15.2. The first-order valence-electron chi connectivity index (χ1n) is 6.42. The summed E-state index contributed by atoms with van der Waals surface area (Å²) < 4.78 is 11.8. The van der Waals surface area contributed by atoms with Gasteiger partial charge in [-0.05, 0) is 36.8 Å². The van der Waals surface area contributed by atoms with Gasteiger partial charge in [0.25, 0.3) is 0 Å². The van der Waals surface area contributed by atoms with Crippen molar-refractivity contribution in [3.8, 4) is 11.5 Å². The van der Waals surface area contributed by atoms with E-state index >= 15 is 0 Å². The second-order valence-electron chi connectivity index (χ2n) is 4.41. The summed E-state index contributed by atoms with van der Waals surface area (Å²) >= 11 is 3.24. The summed E-state index contributed by atoms with van der Waals surface area (Å²) in [5.74, 6) is 0.112. The SMILES string of the molecule is Cc1ccccc1OCCOc1ccc(Br)cc1C(=O)O. The van der Waals surface area contributed by atoms with E-state index in [1.807, 2.05) is 31.2 Å². The Kier molecular flexibility index (Phi) is 5.22. The minimum Gasteiger partial charge on any atom is -0.490 e. The van der Waals surface area contributed by atoms with Crippen LogP contribution in [-0.4, -0.2) is 24.3 Å². The Hall–Kier alpha value is -2.01. The van der Waals surface area contributed by atoms with E-state index in [2.05, 4.69) is 15.9 Å². The Bertz CT molecular complexity index is 640. The van der Waals surface area contributed by atoms with E-state index < -0.39 is 5.97 Å². The average Bonchev–Trinajstić information content (AvgIpc) is 2.46. The van der Waals surface area contributed by atoms with Gasteiger partial charge in [-0.3, -0.25) is 0 Å². The predicted octanol–water partition coefficient (Wildman–Crippen LogP) is 3.91. The van der Waals surface area contributed by atoms with Crippen molar-refractivity contribution in [1.29, 1.82) is 0 Å². The van der Waals surface area contributed by atoms with Gasteiger partial charge in [0.1, 0.15) is 30.3 Å². The number of carbonyl (C=O) groups is 1. The van der Waals surface area contributed by atoms with Crippen molar-refractivity contribution in [2.75, 3.05) is 13.2 Å². The van der Waals surface area contributed by atoms with Gasteiger partial charge in [0, 0.05) is 4.47 Å². The van der Waals surface area contributed by atoms with Crippen LogP contribution in [0.1, 0.15) is 15.9 Å². The second-order valence-corrected chi connectivity index (χ2v) is 5.32. The largest absolute Gasteiger partial charge is 0.490 e. The standard InChI is InChI=1S/C16H15BrO4/c1-11-4-2-3-5-14(11)20-8-9-21-15-7-6-12(17)10-13(15)16(18)19/h2-7,10H,8-9H2,1H3,(H,18,19). The molecule has 110 valence electrons. The van der Waals surface area contributed by atoms with Crippen LogP contribution in [0.3, 0.4) is 0 Å². The monoisotopic (exact) mass is 350 g/mol. The van der Waals surface area contributed by atoms with Crippen LogP contribution in [-0.2, 0) is 0 Å². The highest BCUT2D eigenvalue weighted by atomic mass is 79.9. The molecule has 2 aromatic carbocycles. The molecular weight excluding hydrogens is 336 g/mol. The Morgan fingerprint density at radius 2 is 1.76 bits per heavy atom. The minimum absolute atomic E-state index is 0.125. The molecular formula is C16H15BrO4. The van der Waals surface area contributed by atoms with Crippen LogP contribution >= 0.6 is 15.9 Å². The lowest BCUT2D eigenvalue weighted by Crippen LogP contribution is -2.11. The molecule has 0 aromatic heterocycles. The number of ether oxygens (including phenoxy) is 2. The summed E-state index contributed by atoms with van der Waals surface area (Å²) in [6, 6.07) is 12.6. The molecule has 4 nitrogen and oxygen atoms in total. The zero-order valence-electron chi connectivity index (χ0n) is 11.5. The van der Waals surface area contributed by atoms with E-state index in [1.165, 1.54) is 6.07 Å². The first-order chi connectivity index (χ1) is 10.1. The second kappa shape index (κ2) is 7.13. The average molecular weight is 351 g/mol. The summed E-state index contributed by atoms with van der Waals surface area (Å²) in [6.07, 6.45) is 0. The molecule has 0 saturated carbocycles. The van der Waals surface area contributed by atoms with E-state index in [9.17, 15) is 4.79 Å². The van der Waals surface area contributed by atoms with Crippen molar-refractivity contribution in [2.45, 2.75) is 6.92 Å². The van der Waals surface area contributed by atoms with Gasteiger partial charge in [-0.2, -0.15) is 0 Å². The molecule has 1 N–H and O–H groups in total. The molecule has 0 radical (unpaired) electrons. The van der Waals surface area contributed by atoms with Crippen molar-refractivity contribution in [3.63, 3.8) is 0 Å². The van der Waals surface area contributed by atoms with Gasteiger partial charge in [-0.1, -0.05) is 34.1 Å². The van der Waals surface area contributed by atoms with Crippen molar-refractivity contribution in [1.82, 2.24) is 0 Å². The van der Waals surface area contributed by atoms with Gasteiger partial charge >= 0.3 is 5.97 Å². The van der Waals surface area contributed by atoms with Crippen molar-refractivity contribution < 1.29 is 19.4 Å². The number of aryl methyl sites for hydroxylation is 1. The lowest BCUT2D eigenvalue weighted by molar-refractivity contribution is 0.0691. The van der Waals surface area contributed by atoms with Crippen LogP contribution in [0.15, 0.2) is 46.9 Å².